The fourth-order valence-corrected chi connectivity index (χ4v) is 3.95. The molecule has 0 aliphatic rings. The molecule has 0 radical (unpaired) electrons. The number of halogens is 2. The number of aromatic nitrogens is 2. The van der Waals surface area contributed by atoms with E-state index < -0.39 is 0 Å². The summed E-state index contributed by atoms with van der Waals surface area (Å²) in [6.45, 7) is 5.03. The van der Waals surface area contributed by atoms with Gasteiger partial charge in [0, 0.05) is 32.6 Å². The first-order valence-corrected chi connectivity index (χ1v) is 8.52. The Bertz CT molecular complexity index is 557. The zero-order valence-corrected chi connectivity index (χ0v) is 14.8. The average Bonchev–Trinajstić information content (AvgIpc) is 2.74. The van der Waals surface area contributed by atoms with Gasteiger partial charge in [-0.2, -0.15) is 0 Å². The second-order valence-electron chi connectivity index (χ2n) is 4.22. The van der Waals surface area contributed by atoms with E-state index in [0.29, 0.717) is 0 Å². The first-order valence-electron chi connectivity index (χ1n) is 6.05. The minimum absolute atomic E-state index is 0.179. The molecule has 1 unspecified atom stereocenters. The minimum atomic E-state index is 0.179. The predicted octanol–water partition coefficient (Wildman–Crippen LogP) is 4.26. The van der Waals surface area contributed by atoms with Crippen LogP contribution in [0.3, 0.4) is 0 Å². The van der Waals surface area contributed by atoms with Crippen molar-refractivity contribution in [3.8, 4) is 0 Å². The summed E-state index contributed by atoms with van der Waals surface area (Å²) in [5, 5.41) is 6.70. The summed E-state index contributed by atoms with van der Waals surface area (Å²) in [5.41, 5.74) is 2.11. The highest BCUT2D eigenvalue weighted by molar-refractivity contribution is 9.11. The smallest absolute Gasteiger partial charge is 0.0947 e. The molecule has 19 heavy (non-hydrogen) atoms. The first kappa shape index (κ1) is 15.1. The van der Waals surface area contributed by atoms with Crippen molar-refractivity contribution >= 4 is 43.2 Å². The maximum Gasteiger partial charge on any atom is 0.0947 e. The van der Waals surface area contributed by atoms with Crippen LogP contribution in [-0.2, 0) is 6.42 Å². The van der Waals surface area contributed by atoms with E-state index in [1.165, 1.54) is 0 Å². The zero-order chi connectivity index (χ0) is 13.8. The van der Waals surface area contributed by atoms with Gasteiger partial charge in [-0.15, -0.1) is 11.3 Å². The fourth-order valence-electron chi connectivity index (χ4n) is 1.86. The Kier molecular flexibility index (Phi) is 5.50. The second kappa shape index (κ2) is 6.92. The molecule has 0 saturated carbocycles. The Morgan fingerprint density at radius 1 is 1.42 bits per heavy atom. The maximum absolute atomic E-state index is 4.53. The lowest BCUT2D eigenvalue weighted by Gasteiger charge is -2.17. The van der Waals surface area contributed by atoms with E-state index in [0.717, 1.165) is 38.3 Å². The topological polar surface area (TPSA) is 37.8 Å². The van der Waals surface area contributed by atoms with E-state index in [4.69, 9.17) is 0 Å². The molecule has 0 aliphatic heterocycles. The molecule has 2 aromatic heterocycles. The van der Waals surface area contributed by atoms with Gasteiger partial charge in [-0.3, -0.25) is 4.98 Å². The SMILES string of the molecule is CCNC(Cc1nc(C)cs1)c1ncc(Br)cc1Br. The van der Waals surface area contributed by atoms with Gasteiger partial charge in [0.15, 0.2) is 0 Å². The highest BCUT2D eigenvalue weighted by Gasteiger charge is 2.17. The van der Waals surface area contributed by atoms with Crippen molar-refractivity contribution in [2.75, 3.05) is 6.54 Å². The number of hydrogen-bond donors (Lipinski definition) is 1. The third-order valence-corrected chi connectivity index (χ3v) is 4.72. The number of nitrogens with zero attached hydrogens (tertiary/aromatic N) is 2. The van der Waals surface area contributed by atoms with E-state index in [1.807, 2.05) is 19.2 Å². The molecule has 3 nitrogen and oxygen atoms in total. The molecule has 0 fully saturated rings. The Hall–Kier alpha value is -0.300. The van der Waals surface area contributed by atoms with Crippen LogP contribution in [0.25, 0.3) is 0 Å². The van der Waals surface area contributed by atoms with E-state index in [-0.39, 0.29) is 6.04 Å². The first-order chi connectivity index (χ1) is 9.10. The summed E-state index contributed by atoms with van der Waals surface area (Å²) < 4.78 is 1.99. The van der Waals surface area contributed by atoms with Crippen molar-refractivity contribution in [3.63, 3.8) is 0 Å². The lowest BCUT2D eigenvalue weighted by molar-refractivity contribution is 0.533. The third kappa shape index (κ3) is 4.08. The van der Waals surface area contributed by atoms with Crippen molar-refractivity contribution in [1.82, 2.24) is 15.3 Å². The number of aryl methyl sites for hydroxylation is 1. The van der Waals surface area contributed by atoms with Crippen molar-refractivity contribution in [1.29, 1.82) is 0 Å². The van der Waals surface area contributed by atoms with E-state index in [2.05, 4.69) is 59.4 Å². The van der Waals surface area contributed by atoms with E-state index in [1.54, 1.807) is 11.3 Å². The lowest BCUT2D eigenvalue weighted by Crippen LogP contribution is -2.24. The summed E-state index contributed by atoms with van der Waals surface area (Å²) in [5.74, 6) is 0. The van der Waals surface area contributed by atoms with Crippen molar-refractivity contribution in [2.24, 2.45) is 0 Å². The Morgan fingerprint density at radius 3 is 2.79 bits per heavy atom. The fraction of sp³-hybridized carbons (Fsp3) is 0.385. The van der Waals surface area contributed by atoms with Crippen molar-refractivity contribution in [3.05, 3.63) is 43.0 Å². The van der Waals surface area contributed by atoms with Gasteiger partial charge in [0.25, 0.3) is 0 Å². The molecule has 0 aromatic carbocycles. The van der Waals surface area contributed by atoms with Crippen LogP contribution < -0.4 is 5.32 Å². The van der Waals surface area contributed by atoms with Crippen LogP contribution in [0.15, 0.2) is 26.6 Å². The monoisotopic (exact) mass is 403 g/mol. The molecule has 0 aliphatic carbocycles. The molecule has 2 rings (SSSR count). The summed E-state index contributed by atoms with van der Waals surface area (Å²) in [6.07, 6.45) is 2.69. The summed E-state index contributed by atoms with van der Waals surface area (Å²) in [4.78, 5) is 9.05. The van der Waals surface area contributed by atoms with Crippen LogP contribution in [0.2, 0.25) is 0 Å². The third-order valence-electron chi connectivity index (χ3n) is 2.66. The van der Waals surface area contributed by atoms with E-state index in [9.17, 15) is 0 Å². The molecule has 1 N–H and O–H groups in total. The standard InChI is InChI=1S/C13H15Br2N3S/c1-3-16-11(5-12-18-8(2)7-19-12)13-10(15)4-9(14)6-17-13/h4,6-7,11,16H,3,5H2,1-2H3. The molecule has 102 valence electrons. The van der Waals surface area contributed by atoms with Gasteiger partial charge in [-0.1, -0.05) is 6.92 Å². The van der Waals surface area contributed by atoms with Gasteiger partial charge < -0.3 is 5.32 Å². The van der Waals surface area contributed by atoms with Gasteiger partial charge in [0.05, 0.1) is 16.7 Å². The average molecular weight is 405 g/mol. The highest BCUT2D eigenvalue weighted by atomic mass is 79.9. The Balaban J connectivity index is 2.23. The number of likely N-dealkylation sites (N-methyl/N-ethyl adjacent to an activating group) is 1. The molecular weight excluding hydrogens is 390 g/mol. The van der Waals surface area contributed by atoms with Crippen LogP contribution in [0.1, 0.15) is 29.4 Å². The summed E-state index contributed by atoms with van der Waals surface area (Å²) >= 11 is 8.72. The van der Waals surface area contributed by atoms with Crippen molar-refractivity contribution in [2.45, 2.75) is 26.3 Å². The van der Waals surface area contributed by atoms with Gasteiger partial charge in [0.1, 0.15) is 0 Å². The lowest BCUT2D eigenvalue weighted by atomic mass is 10.1. The summed E-state index contributed by atoms with van der Waals surface area (Å²) in [7, 11) is 0. The molecule has 0 spiro atoms. The quantitative estimate of drug-likeness (QED) is 0.808. The Morgan fingerprint density at radius 2 is 2.21 bits per heavy atom. The van der Waals surface area contributed by atoms with Crippen LogP contribution in [0.4, 0.5) is 0 Å². The maximum atomic E-state index is 4.53. The van der Waals surface area contributed by atoms with E-state index >= 15 is 0 Å². The molecule has 2 aromatic rings. The molecule has 0 saturated heterocycles. The van der Waals surface area contributed by atoms with Crippen LogP contribution in [0, 0.1) is 6.92 Å². The summed E-state index contributed by atoms with van der Waals surface area (Å²) in [6, 6.07) is 2.21. The number of pyridine rings is 1. The molecule has 0 amide bonds. The van der Waals surface area contributed by atoms with Gasteiger partial charge in [-0.25, -0.2) is 4.98 Å². The predicted molar refractivity (Wildman–Crippen MR) is 86.6 cm³/mol. The second-order valence-corrected chi connectivity index (χ2v) is 6.93. The normalized spacial score (nSPS) is 12.6. The molecule has 0 bridgehead atoms. The molecule has 6 heteroatoms. The van der Waals surface area contributed by atoms with Gasteiger partial charge in [0.2, 0.25) is 0 Å². The van der Waals surface area contributed by atoms with Gasteiger partial charge in [-0.05, 0) is 51.4 Å². The molecule has 1 atom stereocenters. The van der Waals surface area contributed by atoms with Crippen LogP contribution in [0.5, 0.6) is 0 Å². The highest BCUT2D eigenvalue weighted by Crippen LogP contribution is 2.27. The van der Waals surface area contributed by atoms with Crippen LogP contribution in [-0.4, -0.2) is 16.5 Å². The number of nitrogens with one attached hydrogen (secondary N) is 1. The van der Waals surface area contributed by atoms with Crippen LogP contribution >= 0.6 is 43.2 Å². The van der Waals surface area contributed by atoms with Gasteiger partial charge >= 0.3 is 0 Å². The number of rotatable bonds is 5. The minimum Gasteiger partial charge on any atom is -0.309 e. The largest absolute Gasteiger partial charge is 0.309 e. The number of thiazole rings is 1. The van der Waals surface area contributed by atoms with Crippen molar-refractivity contribution < 1.29 is 0 Å². The molecular formula is C13H15Br2N3S. The zero-order valence-electron chi connectivity index (χ0n) is 10.8. The number of hydrogen-bond acceptors (Lipinski definition) is 4. The Labute approximate surface area is 134 Å². The molecule has 2 heterocycles.